The van der Waals surface area contributed by atoms with Crippen LogP contribution in [0.4, 0.5) is 0 Å². The van der Waals surface area contributed by atoms with E-state index in [-0.39, 0.29) is 17.9 Å². The number of nitrogens with zero attached hydrogens (tertiary/aromatic N) is 1. The summed E-state index contributed by atoms with van der Waals surface area (Å²) >= 11 is 5.91. The second-order valence-corrected chi connectivity index (χ2v) is 7.17. The van der Waals surface area contributed by atoms with E-state index in [9.17, 15) is 4.79 Å². The van der Waals surface area contributed by atoms with Crippen molar-refractivity contribution in [3.05, 3.63) is 64.7 Å². The number of amides is 1. The van der Waals surface area contributed by atoms with Gasteiger partial charge in [-0.1, -0.05) is 42.8 Å². The van der Waals surface area contributed by atoms with Crippen molar-refractivity contribution in [1.82, 2.24) is 10.2 Å². The number of rotatable bonds is 8. The van der Waals surface area contributed by atoms with Gasteiger partial charge in [0, 0.05) is 17.5 Å². The molecule has 1 N–H and O–H groups in total. The standard InChI is InChI=1S/C21H27ClN2O2/c1-15(13-16-5-9-18(22)10-6-16)21(25)23-14-20(24(2)3)17-7-11-19(26-4)12-8-17/h5-12,15,20H,13-14H2,1-4H3,(H,23,25). The fourth-order valence-electron chi connectivity index (χ4n) is 2.86. The summed E-state index contributed by atoms with van der Waals surface area (Å²) < 4.78 is 5.21. The Morgan fingerprint density at radius 3 is 2.27 bits per heavy atom. The molecule has 0 saturated heterocycles. The molecule has 140 valence electrons. The normalized spacial score (nSPS) is 13.3. The first-order valence-corrected chi connectivity index (χ1v) is 9.11. The van der Waals surface area contributed by atoms with Gasteiger partial charge >= 0.3 is 0 Å². The number of carbonyl (C=O) groups is 1. The lowest BCUT2D eigenvalue weighted by atomic mass is 10.00. The van der Waals surface area contributed by atoms with Crippen LogP contribution in [0.2, 0.25) is 5.02 Å². The minimum absolute atomic E-state index is 0.0558. The third kappa shape index (κ3) is 5.75. The number of hydrogen-bond donors (Lipinski definition) is 1. The van der Waals surface area contributed by atoms with Crippen LogP contribution in [0.25, 0.3) is 0 Å². The number of hydrogen-bond acceptors (Lipinski definition) is 3. The summed E-state index contributed by atoms with van der Waals surface area (Å²) in [4.78, 5) is 14.6. The first-order valence-electron chi connectivity index (χ1n) is 8.73. The molecule has 5 heteroatoms. The smallest absolute Gasteiger partial charge is 0.223 e. The highest BCUT2D eigenvalue weighted by atomic mass is 35.5. The van der Waals surface area contributed by atoms with Gasteiger partial charge < -0.3 is 15.0 Å². The summed E-state index contributed by atoms with van der Waals surface area (Å²) in [6.45, 7) is 2.51. The third-order valence-electron chi connectivity index (χ3n) is 4.50. The molecule has 0 spiro atoms. The Morgan fingerprint density at radius 2 is 1.73 bits per heavy atom. The molecule has 0 aliphatic carbocycles. The SMILES string of the molecule is COc1ccc(C(CNC(=O)C(C)Cc2ccc(Cl)cc2)N(C)C)cc1. The lowest BCUT2D eigenvalue weighted by Crippen LogP contribution is -2.37. The minimum atomic E-state index is -0.102. The summed E-state index contributed by atoms with van der Waals surface area (Å²) in [6, 6.07) is 15.7. The van der Waals surface area contributed by atoms with Gasteiger partial charge in [0.15, 0.2) is 0 Å². The number of methoxy groups -OCH3 is 1. The summed E-state index contributed by atoms with van der Waals surface area (Å²) in [6.07, 6.45) is 0.693. The predicted molar refractivity (Wildman–Crippen MR) is 107 cm³/mol. The van der Waals surface area contributed by atoms with Crippen LogP contribution >= 0.6 is 11.6 Å². The zero-order valence-corrected chi connectivity index (χ0v) is 16.6. The zero-order valence-electron chi connectivity index (χ0n) is 15.8. The number of ether oxygens (including phenoxy) is 1. The quantitative estimate of drug-likeness (QED) is 0.760. The van der Waals surface area contributed by atoms with E-state index in [2.05, 4.69) is 10.2 Å². The average molecular weight is 375 g/mol. The first kappa shape index (κ1) is 20.3. The van der Waals surface area contributed by atoms with Gasteiger partial charge in [0.25, 0.3) is 0 Å². The predicted octanol–water partition coefficient (Wildman–Crippen LogP) is 3.95. The van der Waals surface area contributed by atoms with Gasteiger partial charge in [-0.15, -0.1) is 0 Å². The van der Waals surface area contributed by atoms with Crippen molar-refractivity contribution in [3.8, 4) is 5.75 Å². The van der Waals surface area contributed by atoms with Gasteiger partial charge in [-0.25, -0.2) is 0 Å². The fraction of sp³-hybridized carbons (Fsp3) is 0.381. The van der Waals surface area contributed by atoms with E-state index >= 15 is 0 Å². The van der Waals surface area contributed by atoms with Gasteiger partial charge in [-0.2, -0.15) is 0 Å². The van der Waals surface area contributed by atoms with E-state index in [4.69, 9.17) is 16.3 Å². The van der Waals surface area contributed by atoms with Crippen LogP contribution in [0.5, 0.6) is 5.75 Å². The maximum Gasteiger partial charge on any atom is 0.223 e. The lowest BCUT2D eigenvalue weighted by Gasteiger charge is -2.26. The molecule has 2 aromatic carbocycles. The van der Waals surface area contributed by atoms with Gasteiger partial charge in [0.2, 0.25) is 5.91 Å². The molecule has 0 fully saturated rings. The molecule has 1 amide bonds. The topological polar surface area (TPSA) is 41.6 Å². The van der Waals surface area contributed by atoms with Crippen molar-refractivity contribution in [3.63, 3.8) is 0 Å². The Kier molecular flexibility index (Phi) is 7.49. The van der Waals surface area contributed by atoms with Crippen LogP contribution in [0.1, 0.15) is 24.1 Å². The summed E-state index contributed by atoms with van der Waals surface area (Å²) in [5.74, 6) is 0.780. The minimum Gasteiger partial charge on any atom is -0.497 e. The molecule has 0 aromatic heterocycles. The van der Waals surface area contributed by atoms with Gasteiger partial charge in [0.05, 0.1) is 13.2 Å². The van der Waals surface area contributed by atoms with E-state index in [1.807, 2.05) is 69.6 Å². The van der Waals surface area contributed by atoms with Crippen molar-refractivity contribution in [1.29, 1.82) is 0 Å². The fourth-order valence-corrected chi connectivity index (χ4v) is 2.99. The molecule has 0 aliphatic rings. The van der Waals surface area contributed by atoms with Crippen molar-refractivity contribution < 1.29 is 9.53 Å². The highest BCUT2D eigenvalue weighted by Gasteiger charge is 2.18. The maximum atomic E-state index is 12.5. The number of nitrogens with one attached hydrogen (secondary N) is 1. The van der Waals surface area contributed by atoms with Crippen LogP contribution in [0.3, 0.4) is 0 Å². The average Bonchev–Trinajstić information content (AvgIpc) is 2.63. The maximum absolute atomic E-state index is 12.5. The van der Waals surface area contributed by atoms with Crippen LogP contribution in [0, 0.1) is 5.92 Å². The Morgan fingerprint density at radius 1 is 1.12 bits per heavy atom. The number of carbonyl (C=O) groups excluding carboxylic acids is 1. The molecule has 0 heterocycles. The monoisotopic (exact) mass is 374 g/mol. The van der Waals surface area contributed by atoms with Gasteiger partial charge in [-0.3, -0.25) is 4.79 Å². The molecular weight excluding hydrogens is 348 g/mol. The molecule has 2 aromatic rings. The summed E-state index contributed by atoms with van der Waals surface area (Å²) in [7, 11) is 5.68. The number of benzene rings is 2. The van der Waals surface area contributed by atoms with Gasteiger partial charge in [-0.05, 0) is 55.9 Å². The van der Waals surface area contributed by atoms with Gasteiger partial charge in [0.1, 0.15) is 5.75 Å². The van der Waals surface area contributed by atoms with E-state index in [1.54, 1.807) is 7.11 Å². The summed E-state index contributed by atoms with van der Waals surface area (Å²) in [5.41, 5.74) is 2.25. The first-order chi connectivity index (χ1) is 12.4. The van der Waals surface area contributed by atoms with Crippen molar-refractivity contribution in [2.45, 2.75) is 19.4 Å². The van der Waals surface area contributed by atoms with Crippen molar-refractivity contribution in [2.75, 3.05) is 27.7 Å². The number of likely N-dealkylation sites (N-methyl/N-ethyl adjacent to an activating group) is 1. The largest absolute Gasteiger partial charge is 0.497 e. The molecule has 2 atom stereocenters. The molecule has 0 radical (unpaired) electrons. The van der Waals surface area contributed by atoms with E-state index in [1.165, 1.54) is 0 Å². The lowest BCUT2D eigenvalue weighted by molar-refractivity contribution is -0.124. The van der Waals surface area contributed by atoms with E-state index < -0.39 is 0 Å². The third-order valence-corrected chi connectivity index (χ3v) is 4.75. The molecule has 4 nitrogen and oxygen atoms in total. The molecule has 0 aliphatic heterocycles. The zero-order chi connectivity index (χ0) is 19.1. The molecular formula is C21H27ClN2O2. The highest BCUT2D eigenvalue weighted by molar-refractivity contribution is 6.30. The molecule has 0 saturated carbocycles. The van der Waals surface area contributed by atoms with E-state index in [0.717, 1.165) is 16.9 Å². The van der Waals surface area contributed by atoms with Crippen molar-refractivity contribution >= 4 is 17.5 Å². The molecule has 26 heavy (non-hydrogen) atoms. The van der Waals surface area contributed by atoms with Crippen LogP contribution in [-0.4, -0.2) is 38.6 Å². The second-order valence-electron chi connectivity index (χ2n) is 6.73. The Bertz CT molecular complexity index is 699. The molecule has 2 rings (SSSR count). The van der Waals surface area contributed by atoms with Crippen LogP contribution < -0.4 is 10.1 Å². The van der Waals surface area contributed by atoms with Crippen LogP contribution in [-0.2, 0) is 11.2 Å². The Balaban J connectivity index is 1.94. The summed E-state index contributed by atoms with van der Waals surface area (Å²) in [5, 5.41) is 3.79. The second kappa shape index (κ2) is 9.60. The molecule has 0 bridgehead atoms. The van der Waals surface area contributed by atoms with Crippen molar-refractivity contribution in [2.24, 2.45) is 5.92 Å². The van der Waals surface area contributed by atoms with E-state index in [0.29, 0.717) is 18.0 Å². The molecule has 2 unspecified atom stereocenters. The number of halogens is 1. The Labute approximate surface area is 161 Å². The van der Waals surface area contributed by atoms with Crippen LogP contribution in [0.15, 0.2) is 48.5 Å². The highest BCUT2D eigenvalue weighted by Crippen LogP contribution is 2.21. The Hall–Kier alpha value is -2.04.